The maximum Gasteiger partial charge on any atom is 0.263 e. The summed E-state index contributed by atoms with van der Waals surface area (Å²) in [6.07, 6.45) is 2.92. The molecule has 5 nitrogen and oxygen atoms in total. The van der Waals surface area contributed by atoms with Gasteiger partial charge in [-0.3, -0.25) is 9.71 Å². The van der Waals surface area contributed by atoms with Crippen LogP contribution < -0.4 is 4.72 Å². The lowest BCUT2D eigenvalue weighted by atomic mass is 10.2. The fourth-order valence-corrected chi connectivity index (χ4v) is 2.92. The number of pyridine rings is 1. The fraction of sp³-hybridized carbons (Fsp3) is 0. The smallest absolute Gasteiger partial charge is 0.263 e. The van der Waals surface area contributed by atoms with Crippen molar-refractivity contribution in [2.24, 2.45) is 0 Å². The van der Waals surface area contributed by atoms with E-state index in [0.717, 1.165) is 0 Å². The Balaban J connectivity index is 2.46. The predicted octanol–water partition coefficient (Wildman–Crippen LogP) is 2.41. The summed E-state index contributed by atoms with van der Waals surface area (Å²) >= 11 is 5.77. The molecule has 0 fully saturated rings. The van der Waals surface area contributed by atoms with E-state index in [1.54, 1.807) is 0 Å². The molecule has 0 atom stereocenters. The number of halogens is 1. The standard InChI is InChI=1S/C12H8ClN3O2S/c13-10-2-1-9(8-14)12(7-10)19(17,18)16-11-3-5-15-6-4-11/h1-7H,(H,15,16). The first kappa shape index (κ1) is 13.3. The van der Waals surface area contributed by atoms with Gasteiger partial charge in [0.2, 0.25) is 0 Å². The Morgan fingerprint density at radius 2 is 1.89 bits per heavy atom. The number of benzene rings is 1. The minimum Gasteiger partial charge on any atom is -0.279 e. The van der Waals surface area contributed by atoms with E-state index < -0.39 is 10.0 Å². The summed E-state index contributed by atoms with van der Waals surface area (Å²) in [5.74, 6) is 0. The molecular formula is C12H8ClN3O2S. The summed E-state index contributed by atoms with van der Waals surface area (Å²) in [5, 5.41) is 9.19. The molecule has 0 radical (unpaired) electrons. The fourth-order valence-electron chi connectivity index (χ4n) is 1.44. The summed E-state index contributed by atoms with van der Waals surface area (Å²) in [5.41, 5.74) is 0.393. The van der Waals surface area contributed by atoms with Crippen molar-refractivity contribution >= 4 is 27.3 Å². The number of hydrogen-bond acceptors (Lipinski definition) is 4. The van der Waals surface area contributed by atoms with Gasteiger partial charge in [0.1, 0.15) is 11.0 Å². The normalized spacial score (nSPS) is 10.7. The van der Waals surface area contributed by atoms with Crippen LogP contribution in [0.25, 0.3) is 0 Å². The number of anilines is 1. The third-order valence-electron chi connectivity index (χ3n) is 2.29. The molecule has 0 aliphatic carbocycles. The summed E-state index contributed by atoms with van der Waals surface area (Å²) in [7, 11) is -3.86. The van der Waals surface area contributed by atoms with Crippen molar-refractivity contribution in [1.82, 2.24) is 4.98 Å². The van der Waals surface area contributed by atoms with Crippen LogP contribution in [0.2, 0.25) is 5.02 Å². The van der Waals surface area contributed by atoms with Gasteiger partial charge >= 0.3 is 0 Å². The minimum absolute atomic E-state index is 0.0333. The van der Waals surface area contributed by atoms with Crippen molar-refractivity contribution in [3.05, 3.63) is 53.3 Å². The van der Waals surface area contributed by atoms with Gasteiger partial charge in [-0.15, -0.1) is 0 Å². The van der Waals surface area contributed by atoms with Crippen LogP contribution in [0, 0.1) is 11.3 Å². The highest BCUT2D eigenvalue weighted by atomic mass is 35.5. The number of nitriles is 1. The third kappa shape index (κ3) is 3.02. The van der Waals surface area contributed by atoms with Crippen molar-refractivity contribution in [3.63, 3.8) is 0 Å². The van der Waals surface area contributed by atoms with Gasteiger partial charge in [-0.2, -0.15) is 5.26 Å². The number of rotatable bonds is 3. The number of sulfonamides is 1. The first-order chi connectivity index (χ1) is 9.03. The Morgan fingerprint density at radius 3 is 2.53 bits per heavy atom. The summed E-state index contributed by atoms with van der Waals surface area (Å²) in [4.78, 5) is 3.63. The minimum atomic E-state index is -3.86. The second kappa shape index (κ2) is 5.26. The Kier molecular flexibility index (Phi) is 3.69. The summed E-state index contributed by atoms with van der Waals surface area (Å²) in [6.45, 7) is 0. The van der Waals surface area contributed by atoms with Gasteiger partial charge in [-0.05, 0) is 30.3 Å². The van der Waals surface area contributed by atoms with E-state index >= 15 is 0 Å². The highest BCUT2D eigenvalue weighted by Gasteiger charge is 2.19. The Hall–Kier alpha value is -2.10. The van der Waals surface area contributed by atoms with Crippen molar-refractivity contribution in [1.29, 1.82) is 5.26 Å². The van der Waals surface area contributed by atoms with E-state index in [9.17, 15) is 8.42 Å². The maximum absolute atomic E-state index is 12.2. The molecule has 0 bridgehead atoms. The zero-order chi connectivity index (χ0) is 13.9. The van der Waals surface area contributed by atoms with Crippen LogP contribution >= 0.6 is 11.6 Å². The second-order valence-corrected chi connectivity index (χ2v) is 5.68. The van der Waals surface area contributed by atoms with Gasteiger partial charge < -0.3 is 0 Å². The number of nitrogens with zero attached hydrogens (tertiary/aromatic N) is 2. The van der Waals surface area contributed by atoms with Crippen molar-refractivity contribution in [3.8, 4) is 6.07 Å². The Morgan fingerprint density at radius 1 is 1.21 bits per heavy atom. The van der Waals surface area contributed by atoms with E-state index in [4.69, 9.17) is 16.9 Å². The molecule has 1 heterocycles. The Bertz CT molecular complexity index is 739. The molecule has 7 heteroatoms. The van der Waals surface area contributed by atoms with Crippen LogP contribution in [0.4, 0.5) is 5.69 Å². The number of hydrogen-bond donors (Lipinski definition) is 1. The van der Waals surface area contributed by atoms with Gasteiger partial charge in [-0.25, -0.2) is 8.42 Å². The summed E-state index contributed by atoms with van der Waals surface area (Å²) < 4.78 is 26.7. The molecule has 0 saturated heterocycles. The van der Waals surface area contributed by atoms with Gasteiger partial charge in [0.05, 0.1) is 11.3 Å². The molecule has 1 N–H and O–H groups in total. The predicted molar refractivity (Wildman–Crippen MR) is 71.2 cm³/mol. The molecule has 96 valence electrons. The Labute approximate surface area is 115 Å². The topological polar surface area (TPSA) is 82.8 Å². The molecule has 19 heavy (non-hydrogen) atoms. The number of nitrogens with one attached hydrogen (secondary N) is 1. The third-order valence-corrected chi connectivity index (χ3v) is 3.94. The molecular weight excluding hydrogens is 286 g/mol. The van der Waals surface area contributed by atoms with E-state index in [-0.39, 0.29) is 15.5 Å². The van der Waals surface area contributed by atoms with Crippen LogP contribution in [0.3, 0.4) is 0 Å². The van der Waals surface area contributed by atoms with E-state index in [1.165, 1.54) is 42.7 Å². The molecule has 1 aromatic heterocycles. The SMILES string of the molecule is N#Cc1ccc(Cl)cc1S(=O)(=O)Nc1ccncc1. The molecule has 1 aromatic carbocycles. The molecule has 0 unspecified atom stereocenters. The first-order valence-electron chi connectivity index (χ1n) is 5.15. The number of aromatic nitrogens is 1. The highest BCUT2D eigenvalue weighted by molar-refractivity contribution is 7.92. The molecule has 0 spiro atoms. The van der Waals surface area contributed by atoms with Crippen molar-refractivity contribution < 1.29 is 8.42 Å². The lowest BCUT2D eigenvalue weighted by Gasteiger charge is -2.09. The second-order valence-electron chi connectivity index (χ2n) is 3.59. The van der Waals surface area contributed by atoms with Gasteiger partial charge in [0, 0.05) is 17.4 Å². The van der Waals surface area contributed by atoms with Gasteiger partial charge in [0.25, 0.3) is 10.0 Å². The van der Waals surface area contributed by atoms with Crippen LogP contribution in [-0.2, 0) is 10.0 Å². The molecule has 2 rings (SSSR count). The lowest BCUT2D eigenvalue weighted by Crippen LogP contribution is -2.14. The monoisotopic (exact) mass is 293 g/mol. The molecule has 0 amide bonds. The molecule has 0 aliphatic heterocycles. The van der Waals surface area contributed by atoms with Crippen LogP contribution in [-0.4, -0.2) is 13.4 Å². The molecule has 0 saturated carbocycles. The van der Waals surface area contributed by atoms with Crippen molar-refractivity contribution in [2.75, 3.05) is 4.72 Å². The first-order valence-corrected chi connectivity index (χ1v) is 7.01. The van der Waals surface area contributed by atoms with Gasteiger partial charge in [0.15, 0.2) is 0 Å². The zero-order valence-electron chi connectivity index (χ0n) is 9.54. The quantitative estimate of drug-likeness (QED) is 0.942. The van der Waals surface area contributed by atoms with Gasteiger partial charge in [-0.1, -0.05) is 11.6 Å². The highest BCUT2D eigenvalue weighted by Crippen LogP contribution is 2.22. The lowest BCUT2D eigenvalue weighted by molar-refractivity contribution is 0.601. The molecule has 0 aliphatic rings. The maximum atomic E-state index is 12.2. The zero-order valence-corrected chi connectivity index (χ0v) is 11.1. The van der Waals surface area contributed by atoms with Crippen LogP contribution in [0.1, 0.15) is 5.56 Å². The van der Waals surface area contributed by atoms with Crippen molar-refractivity contribution in [2.45, 2.75) is 4.90 Å². The van der Waals surface area contributed by atoms with Crippen LogP contribution in [0.15, 0.2) is 47.6 Å². The largest absolute Gasteiger partial charge is 0.279 e. The average molecular weight is 294 g/mol. The van der Waals surface area contributed by atoms with E-state index in [0.29, 0.717) is 5.69 Å². The molecule has 2 aromatic rings. The average Bonchev–Trinajstić information content (AvgIpc) is 2.39. The summed E-state index contributed by atoms with van der Waals surface area (Å²) in [6, 6.07) is 8.91. The van der Waals surface area contributed by atoms with E-state index in [2.05, 4.69) is 9.71 Å². The van der Waals surface area contributed by atoms with Crippen LogP contribution in [0.5, 0.6) is 0 Å². The van der Waals surface area contributed by atoms with E-state index in [1.807, 2.05) is 6.07 Å².